The summed E-state index contributed by atoms with van der Waals surface area (Å²) in [6.07, 6.45) is 4.05. The van der Waals surface area contributed by atoms with Gasteiger partial charge in [0, 0.05) is 24.5 Å². The zero-order chi connectivity index (χ0) is 17.3. The molecule has 3 rings (SSSR count). The zero-order valence-corrected chi connectivity index (χ0v) is 15.0. The van der Waals surface area contributed by atoms with Crippen molar-refractivity contribution >= 4 is 16.9 Å². The van der Waals surface area contributed by atoms with Crippen LogP contribution in [-0.2, 0) is 0 Å². The number of piperidine rings is 1. The summed E-state index contributed by atoms with van der Waals surface area (Å²) in [6.45, 7) is 8.70. The van der Waals surface area contributed by atoms with Crippen LogP contribution in [0.5, 0.6) is 0 Å². The molecule has 0 bridgehead atoms. The molecule has 6 nitrogen and oxygen atoms in total. The number of fused-ring (bicyclic) bond motifs is 1. The SMILES string of the molecule is CNCC1CCCN(C(=O)c2cc3cnn(C(C)C)c3nc2C)C1. The molecule has 1 aliphatic heterocycles. The first kappa shape index (κ1) is 16.9. The van der Waals surface area contributed by atoms with Crippen LogP contribution in [0.1, 0.15) is 48.8 Å². The van der Waals surface area contributed by atoms with Gasteiger partial charge in [-0.2, -0.15) is 5.10 Å². The summed E-state index contributed by atoms with van der Waals surface area (Å²) in [5, 5.41) is 8.56. The molecular weight excluding hydrogens is 302 g/mol. The van der Waals surface area contributed by atoms with Crippen LogP contribution < -0.4 is 5.32 Å². The molecule has 0 radical (unpaired) electrons. The third-order valence-electron chi connectivity index (χ3n) is 4.78. The van der Waals surface area contributed by atoms with E-state index in [0.29, 0.717) is 11.5 Å². The minimum absolute atomic E-state index is 0.0972. The van der Waals surface area contributed by atoms with E-state index in [-0.39, 0.29) is 11.9 Å². The average Bonchev–Trinajstić information content (AvgIpc) is 2.97. The highest BCUT2D eigenvalue weighted by Gasteiger charge is 2.26. The van der Waals surface area contributed by atoms with Crippen LogP contribution >= 0.6 is 0 Å². The Morgan fingerprint density at radius 2 is 2.25 bits per heavy atom. The van der Waals surface area contributed by atoms with E-state index in [1.165, 1.54) is 6.42 Å². The van der Waals surface area contributed by atoms with Gasteiger partial charge in [0.25, 0.3) is 5.91 Å². The number of nitrogens with one attached hydrogen (secondary N) is 1. The molecule has 1 atom stereocenters. The third-order valence-corrected chi connectivity index (χ3v) is 4.78. The standard InChI is InChI=1S/C18H27N5O/c1-12(2)23-17-15(10-20-23)8-16(13(3)21-17)18(24)22-7-5-6-14(11-22)9-19-4/h8,10,12,14,19H,5-7,9,11H2,1-4H3. The van der Waals surface area contributed by atoms with E-state index in [1.807, 2.05) is 29.6 Å². The first-order valence-electron chi connectivity index (χ1n) is 8.80. The summed E-state index contributed by atoms with van der Waals surface area (Å²) in [6, 6.07) is 2.20. The van der Waals surface area contributed by atoms with Crippen LogP contribution in [0.2, 0.25) is 0 Å². The second kappa shape index (κ2) is 6.89. The molecule has 2 aromatic heterocycles. The van der Waals surface area contributed by atoms with Gasteiger partial charge in [-0.25, -0.2) is 9.67 Å². The van der Waals surface area contributed by atoms with Gasteiger partial charge >= 0.3 is 0 Å². The van der Waals surface area contributed by atoms with Gasteiger partial charge in [-0.3, -0.25) is 4.79 Å². The van der Waals surface area contributed by atoms with Crippen molar-refractivity contribution < 1.29 is 4.79 Å². The highest BCUT2D eigenvalue weighted by molar-refractivity contribution is 5.98. The first-order valence-corrected chi connectivity index (χ1v) is 8.80. The second-order valence-corrected chi connectivity index (χ2v) is 7.03. The van der Waals surface area contributed by atoms with Crippen molar-refractivity contribution in [1.82, 2.24) is 25.0 Å². The van der Waals surface area contributed by atoms with Crippen LogP contribution in [-0.4, -0.2) is 52.3 Å². The lowest BCUT2D eigenvalue weighted by Crippen LogP contribution is -2.42. The van der Waals surface area contributed by atoms with E-state index >= 15 is 0 Å². The summed E-state index contributed by atoms with van der Waals surface area (Å²) in [5.41, 5.74) is 2.34. The molecule has 1 aliphatic rings. The third kappa shape index (κ3) is 3.15. The molecule has 1 amide bonds. The number of rotatable bonds is 4. The van der Waals surface area contributed by atoms with Gasteiger partial charge in [0.1, 0.15) is 0 Å². The quantitative estimate of drug-likeness (QED) is 0.935. The largest absolute Gasteiger partial charge is 0.338 e. The Bertz CT molecular complexity index is 734. The molecule has 2 aromatic rings. The van der Waals surface area contributed by atoms with Crippen molar-refractivity contribution in [1.29, 1.82) is 0 Å². The predicted molar refractivity (Wildman–Crippen MR) is 95.2 cm³/mol. The van der Waals surface area contributed by atoms with Crippen molar-refractivity contribution in [2.45, 2.75) is 39.7 Å². The number of aryl methyl sites for hydroxylation is 1. The van der Waals surface area contributed by atoms with Crippen molar-refractivity contribution in [2.24, 2.45) is 5.92 Å². The summed E-state index contributed by atoms with van der Waals surface area (Å²) in [5.74, 6) is 0.633. The Morgan fingerprint density at radius 3 is 2.96 bits per heavy atom. The zero-order valence-electron chi connectivity index (χ0n) is 15.0. The van der Waals surface area contributed by atoms with Gasteiger partial charge in [0.15, 0.2) is 5.65 Å². The first-order chi connectivity index (χ1) is 11.5. The maximum absolute atomic E-state index is 13.0. The number of carbonyl (C=O) groups excluding carboxylic acids is 1. The van der Waals surface area contributed by atoms with Gasteiger partial charge in [-0.15, -0.1) is 0 Å². The second-order valence-electron chi connectivity index (χ2n) is 7.03. The Morgan fingerprint density at radius 1 is 1.46 bits per heavy atom. The number of likely N-dealkylation sites (tertiary alicyclic amines) is 1. The van der Waals surface area contributed by atoms with Gasteiger partial charge < -0.3 is 10.2 Å². The number of nitrogens with zero attached hydrogens (tertiary/aromatic N) is 4. The molecule has 0 spiro atoms. The number of aromatic nitrogens is 3. The molecule has 1 fully saturated rings. The molecular formula is C18H27N5O. The molecule has 1 saturated heterocycles. The molecule has 0 aliphatic carbocycles. The average molecular weight is 329 g/mol. The van der Waals surface area contributed by atoms with Crippen molar-refractivity contribution in [2.75, 3.05) is 26.7 Å². The van der Waals surface area contributed by atoms with E-state index < -0.39 is 0 Å². The molecule has 0 saturated carbocycles. The van der Waals surface area contributed by atoms with Crippen LogP contribution in [0.15, 0.2) is 12.3 Å². The van der Waals surface area contributed by atoms with Crippen LogP contribution in [0.25, 0.3) is 11.0 Å². The monoisotopic (exact) mass is 329 g/mol. The summed E-state index contributed by atoms with van der Waals surface area (Å²) < 4.78 is 1.90. The van der Waals surface area contributed by atoms with Crippen molar-refractivity contribution in [3.63, 3.8) is 0 Å². The molecule has 1 N–H and O–H groups in total. The highest BCUT2D eigenvalue weighted by atomic mass is 16.2. The molecule has 3 heterocycles. The lowest BCUT2D eigenvalue weighted by Gasteiger charge is -2.33. The van der Waals surface area contributed by atoms with Gasteiger partial charge in [0.2, 0.25) is 0 Å². The Labute approximate surface area is 143 Å². The van der Waals surface area contributed by atoms with Crippen LogP contribution in [0, 0.1) is 12.8 Å². The lowest BCUT2D eigenvalue weighted by atomic mass is 9.97. The summed E-state index contributed by atoms with van der Waals surface area (Å²) in [7, 11) is 1.97. The molecule has 1 unspecified atom stereocenters. The fourth-order valence-electron chi connectivity index (χ4n) is 3.54. The Balaban J connectivity index is 1.88. The molecule has 0 aromatic carbocycles. The van der Waals surface area contributed by atoms with E-state index in [2.05, 4.69) is 29.2 Å². The molecule has 6 heteroatoms. The summed E-state index contributed by atoms with van der Waals surface area (Å²) >= 11 is 0. The lowest BCUT2D eigenvalue weighted by molar-refractivity contribution is 0.0673. The predicted octanol–water partition coefficient (Wildman–Crippen LogP) is 2.39. The Hall–Kier alpha value is -1.95. The molecule has 130 valence electrons. The number of hydrogen-bond donors (Lipinski definition) is 1. The van der Waals surface area contributed by atoms with Gasteiger partial charge in [-0.1, -0.05) is 0 Å². The maximum Gasteiger partial charge on any atom is 0.255 e. The Kier molecular flexibility index (Phi) is 4.85. The fourth-order valence-corrected chi connectivity index (χ4v) is 3.54. The maximum atomic E-state index is 13.0. The van der Waals surface area contributed by atoms with Crippen molar-refractivity contribution in [3.8, 4) is 0 Å². The van der Waals surface area contributed by atoms with E-state index in [1.54, 1.807) is 6.20 Å². The highest BCUT2D eigenvalue weighted by Crippen LogP contribution is 2.23. The van der Waals surface area contributed by atoms with Crippen molar-refractivity contribution in [3.05, 3.63) is 23.5 Å². The topological polar surface area (TPSA) is 63.1 Å². The number of hydrogen-bond acceptors (Lipinski definition) is 4. The van der Waals surface area contributed by atoms with E-state index in [9.17, 15) is 4.79 Å². The number of carbonyl (C=O) groups is 1. The smallest absolute Gasteiger partial charge is 0.255 e. The normalized spacial score (nSPS) is 18.5. The molecule has 24 heavy (non-hydrogen) atoms. The number of amides is 1. The van der Waals surface area contributed by atoms with Crippen LogP contribution in [0.4, 0.5) is 0 Å². The van der Waals surface area contributed by atoms with E-state index in [4.69, 9.17) is 0 Å². The fraction of sp³-hybridized carbons (Fsp3) is 0.611. The number of pyridine rings is 1. The van der Waals surface area contributed by atoms with Gasteiger partial charge in [-0.05, 0) is 59.2 Å². The summed E-state index contributed by atoms with van der Waals surface area (Å²) in [4.78, 5) is 19.6. The minimum Gasteiger partial charge on any atom is -0.338 e. The van der Waals surface area contributed by atoms with Gasteiger partial charge in [0.05, 0.1) is 17.5 Å². The van der Waals surface area contributed by atoms with Crippen LogP contribution in [0.3, 0.4) is 0 Å². The van der Waals surface area contributed by atoms with E-state index in [0.717, 1.165) is 42.8 Å². The minimum atomic E-state index is 0.0972.